The summed E-state index contributed by atoms with van der Waals surface area (Å²) in [5.74, 6) is 0.708. The molecule has 0 fully saturated rings. The molecule has 0 saturated carbocycles. The normalized spacial score (nSPS) is 11.6. The Hall–Kier alpha value is -7.72. The molecule has 0 radical (unpaired) electrons. The van der Waals surface area contributed by atoms with Gasteiger partial charge in [0.1, 0.15) is 0 Å². The van der Waals surface area contributed by atoms with Gasteiger partial charge in [0.15, 0.2) is 5.82 Å². The summed E-state index contributed by atoms with van der Waals surface area (Å²) in [6, 6.07) is 78.8. The zero-order valence-corrected chi connectivity index (χ0v) is 33.9. The third-order valence-corrected chi connectivity index (χ3v) is 13.3. The van der Waals surface area contributed by atoms with Crippen LogP contribution in [0.1, 0.15) is 0 Å². The van der Waals surface area contributed by atoms with Crippen molar-refractivity contribution in [2.45, 2.75) is 0 Å². The maximum atomic E-state index is 5.25. The van der Waals surface area contributed by atoms with E-state index in [1.807, 2.05) is 29.5 Å². The van der Waals surface area contributed by atoms with E-state index in [1.165, 1.54) is 80.5 Å². The van der Waals surface area contributed by atoms with E-state index in [9.17, 15) is 0 Å². The van der Waals surface area contributed by atoms with Crippen molar-refractivity contribution in [1.29, 1.82) is 0 Å². The molecule has 0 aliphatic heterocycles. The van der Waals surface area contributed by atoms with Gasteiger partial charge in [0.25, 0.3) is 0 Å². The smallest absolute Gasteiger partial charge is 0.160 e. The van der Waals surface area contributed by atoms with E-state index in [2.05, 4.69) is 200 Å². The van der Waals surface area contributed by atoms with Crippen LogP contribution in [0.2, 0.25) is 0 Å². The quantitative estimate of drug-likeness (QED) is 0.124. The Morgan fingerprint density at radius 2 is 0.885 bits per heavy atom. The number of thiophene rings is 1. The molecule has 2 aromatic heterocycles. The predicted octanol–water partition coefficient (Wildman–Crippen LogP) is 16.3. The molecule has 0 spiro atoms. The third-order valence-electron chi connectivity index (χ3n) is 12.1. The molecule has 0 N–H and O–H groups in total. The Kier molecular flexibility index (Phi) is 8.39. The van der Waals surface area contributed by atoms with Gasteiger partial charge in [-0.15, -0.1) is 11.3 Å². The van der Waals surface area contributed by atoms with E-state index in [1.54, 1.807) is 0 Å². The van der Waals surface area contributed by atoms with Gasteiger partial charge >= 0.3 is 0 Å². The van der Waals surface area contributed by atoms with Gasteiger partial charge in [0.2, 0.25) is 0 Å². The van der Waals surface area contributed by atoms with E-state index >= 15 is 0 Å². The molecule has 10 aromatic carbocycles. The molecule has 0 amide bonds. The van der Waals surface area contributed by atoms with Crippen molar-refractivity contribution >= 4 is 64.5 Å². The average Bonchev–Trinajstić information content (AvgIpc) is 3.78. The zero-order chi connectivity index (χ0) is 40.3. The molecule has 12 aromatic rings. The lowest BCUT2D eigenvalue weighted by Gasteiger charge is -2.16. The van der Waals surface area contributed by atoms with Crippen LogP contribution in [-0.4, -0.2) is 9.97 Å². The van der Waals surface area contributed by atoms with E-state index in [4.69, 9.17) is 9.97 Å². The van der Waals surface area contributed by atoms with E-state index < -0.39 is 0 Å². The number of fused-ring (bicyclic) bond motifs is 6. The topological polar surface area (TPSA) is 25.8 Å². The molecule has 284 valence electrons. The van der Waals surface area contributed by atoms with Gasteiger partial charge in [-0.2, -0.15) is 0 Å². The van der Waals surface area contributed by atoms with Crippen molar-refractivity contribution in [3.8, 4) is 66.6 Å². The largest absolute Gasteiger partial charge is 0.228 e. The van der Waals surface area contributed by atoms with Crippen LogP contribution in [0, 0.1) is 0 Å². The molecule has 0 atom stereocenters. The summed E-state index contributed by atoms with van der Waals surface area (Å²) >= 11 is 1.83. The molecule has 2 heterocycles. The van der Waals surface area contributed by atoms with Crippen molar-refractivity contribution in [1.82, 2.24) is 9.97 Å². The maximum absolute atomic E-state index is 5.25. The van der Waals surface area contributed by atoms with Gasteiger partial charge < -0.3 is 0 Å². The lowest BCUT2D eigenvalue weighted by atomic mass is 9.88. The van der Waals surface area contributed by atoms with Crippen LogP contribution in [0.5, 0.6) is 0 Å². The van der Waals surface area contributed by atoms with Crippen molar-refractivity contribution in [2.24, 2.45) is 0 Å². The minimum Gasteiger partial charge on any atom is -0.228 e. The number of hydrogen-bond donors (Lipinski definition) is 0. The van der Waals surface area contributed by atoms with Crippen molar-refractivity contribution in [3.05, 3.63) is 218 Å². The highest BCUT2D eigenvalue weighted by Crippen LogP contribution is 2.42. The molecule has 0 saturated heterocycles. The Labute approximate surface area is 357 Å². The summed E-state index contributed by atoms with van der Waals surface area (Å²) in [7, 11) is 0. The molecule has 3 heteroatoms. The molecule has 61 heavy (non-hydrogen) atoms. The number of nitrogens with zero attached hydrogens (tertiary/aromatic N) is 2. The molecule has 12 rings (SSSR count). The second kappa shape index (κ2) is 14.5. The second-order valence-corrected chi connectivity index (χ2v) is 16.8. The standard InChI is InChI=1S/C58H36N2S/c1-2-13-42(14-3-1)58-59-53(39-24-26-40(27-25-39)56-35-44-16-6-11-21-55(44)61-56)36-54(60-58)50-33-32-46(48-19-9-10-20-49(48)50)38-22-28-41(29-23-38)57-47-18-8-5-15-43(47)34-52-45-17-7-4-12-37(45)30-31-51(52)57/h1-36H. The van der Waals surface area contributed by atoms with Gasteiger partial charge in [-0.1, -0.05) is 194 Å². The lowest BCUT2D eigenvalue weighted by molar-refractivity contribution is 1.18. The highest BCUT2D eigenvalue weighted by molar-refractivity contribution is 7.22. The molecule has 0 aliphatic carbocycles. The van der Waals surface area contributed by atoms with Crippen LogP contribution in [0.4, 0.5) is 0 Å². The fourth-order valence-corrected chi connectivity index (χ4v) is 10.2. The monoisotopic (exact) mass is 792 g/mol. The number of rotatable bonds is 6. The van der Waals surface area contributed by atoms with Gasteiger partial charge in [-0.3, -0.25) is 0 Å². The maximum Gasteiger partial charge on any atom is 0.160 e. The van der Waals surface area contributed by atoms with E-state index in [0.29, 0.717) is 5.82 Å². The van der Waals surface area contributed by atoms with E-state index in [-0.39, 0.29) is 0 Å². The Balaban J connectivity index is 0.953. The van der Waals surface area contributed by atoms with Crippen molar-refractivity contribution in [2.75, 3.05) is 0 Å². The van der Waals surface area contributed by atoms with Crippen molar-refractivity contribution in [3.63, 3.8) is 0 Å². The van der Waals surface area contributed by atoms with Crippen LogP contribution in [-0.2, 0) is 0 Å². The molecule has 0 unspecified atom stereocenters. The van der Waals surface area contributed by atoms with Crippen LogP contribution >= 0.6 is 11.3 Å². The fourth-order valence-electron chi connectivity index (χ4n) is 9.10. The second-order valence-electron chi connectivity index (χ2n) is 15.7. The lowest BCUT2D eigenvalue weighted by Crippen LogP contribution is -1.96. The van der Waals surface area contributed by atoms with E-state index in [0.717, 1.165) is 33.5 Å². The first-order valence-corrected chi connectivity index (χ1v) is 21.5. The fraction of sp³-hybridized carbons (Fsp3) is 0. The van der Waals surface area contributed by atoms with Crippen LogP contribution in [0.15, 0.2) is 218 Å². The number of hydrogen-bond acceptors (Lipinski definition) is 3. The van der Waals surface area contributed by atoms with Gasteiger partial charge in [0, 0.05) is 26.3 Å². The van der Waals surface area contributed by atoms with Crippen LogP contribution in [0.3, 0.4) is 0 Å². The van der Waals surface area contributed by atoms with Gasteiger partial charge in [0.05, 0.1) is 11.4 Å². The highest BCUT2D eigenvalue weighted by Gasteiger charge is 2.17. The molecule has 0 bridgehead atoms. The van der Waals surface area contributed by atoms with Gasteiger partial charge in [-0.05, 0) is 101 Å². The summed E-state index contributed by atoms with van der Waals surface area (Å²) in [5, 5.41) is 11.2. The Morgan fingerprint density at radius 3 is 1.67 bits per heavy atom. The number of aromatic nitrogens is 2. The molecule has 2 nitrogen and oxygen atoms in total. The first-order chi connectivity index (χ1) is 30.2. The summed E-state index contributed by atoms with van der Waals surface area (Å²) < 4.78 is 1.30. The van der Waals surface area contributed by atoms with Crippen molar-refractivity contribution < 1.29 is 0 Å². The highest BCUT2D eigenvalue weighted by atomic mass is 32.1. The van der Waals surface area contributed by atoms with Crippen LogP contribution < -0.4 is 0 Å². The average molecular weight is 793 g/mol. The SMILES string of the molecule is c1ccc(-c2nc(-c3ccc(-c4cc5ccccc5s4)cc3)cc(-c3ccc(-c4ccc(-c5c6ccccc6cc6c5ccc5ccccc56)cc4)c4ccccc34)n2)cc1. The molecular weight excluding hydrogens is 757 g/mol. The summed E-state index contributed by atoms with van der Waals surface area (Å²) in [6.45, 7) is 0. The third kappa shape index (κ3) is 6.18. The minimum atomic E-state index is 0.708. The predicted molar refractivity (Wildman–Crippen MR) is 260 cm³/mol. The first kappa shape index (κ1) is 35.2. The number of benzene rings is 10. The molecule has 0 aliphatic rings. The summed E-state index contributed by atoms with van der Waals surface area (Å²) in [5.41, 5.74) is 11.0. The van der Waals surface area contributed by atoms with Crippen LogP contribution in [0.25, 0.3) is 120 Å². The Morgan fingerprint density at radius 1 is 0.295 bits per heavy atom. The minimum absolute atomic E-state index is 0.708. The Bertz CT molecular complexity index is 3590. The summed E-state index contributed by atoms with van der Waals surface area (Å²) in [6.07, 6.45) is 0. The van der Waals surface area contributed by atoms with Gasteiger partial charge in [-0.25, -0.2) is 9.97 Å². The first-order valence-electron chi connectivity index (χ1n) is 20.7. The zero-order valence-electron chi connectivity index (χ0n) is 33.1. The molecular formula is C58H36N2S. The summed E-state index contributed by atoms with van der Waals surface area (Å²) in [4.78, 5) is 11.7.